The van der Waals surface area contributed by atoms with Crippen LogP contribution in [0.4, 0.5) is 4.39 Å². The molecule has 130 valence electrons. The molecule has 0 unspecified atom stereocenters. The molecule has 1 aromatic carbocycles. The molecule has 5 heteroatoms. The van der Waals surface area contributed by atoms with E-state index in [1.165, 1.54) is 12.1 Å². The van der Waals surface area contributed by atoms with Gasteiger partial charge in [0.05, 0.1) is 5.41 Å². The fraction of sp³-hybridized carbons (Fsp3) is 0.632. The van der Waals surface area contributed by atoms with E-state index < -0.39 is 5.41 Å². The van der Waals surface area contributed by atoms with Crippen molar-refractivity contribution in [3.63, 3.8) is 0 Å². The molecule has 4 heterocycles. The van der Waals surface area contributed by atoms with Crippen molar-refractivity contribution in [1.29, 1.82) is 0 Å². The van der Waals surface area contributed by atoms with Crippen LogP contribution in [0, 0.1) is 11.7 Å². The van der Waals surface area contributed by atoms with Gasteiger partial charge in [-0.2, -0.15) is 0 Å². The number of esters is 1. The fourth-order valence-corrected chi connectivity index (χ4v) is 4.53. The highest BCUT2D eigenvalue weighted by Gasteiger charge is 2.45. The van der Waals surface area contributed by atoms with Gasteiger partial charge in [-0.05, 0) is 75.5 Å². The highest BCUT2D eigenvalue weighted by atomic mass is 19.1. The van der Waals surface area contributed by atoms with Crippen molar-refractivity contribution >= 4 is 5.97 Å². The number of carbonyl (C=O) groups is 1. The van der Waals surface area contributed by atoms with Crippen LogP contribution in [0.15, 0.2) is 24.3 Å². The van der Waals surface area contributed by atoms with Crippen LogP contribution < -0.4 is 5.32 Å². The molecule has 2 bridgehead atoms. The Hall–Kier alpha value is -1.46. The van der Waals surface area contributed by atoms with E-state index in [1.807, 2.05) is 0 Å². The monoisotopic (exact) mass is 332 g/mol. The van der Waals surface area contributed by atoms with Crippen molar-refractivity contribution in [2.45, 2.75) is 37.2 Å². The summed E-state index contributed by atoms with van der Waals surface area (Å²) in [6, 6.07) is 6.39. The van der Waals surface area contributed by atoms with Crippen molar-refractivity contribution in [2.24, 2.45) is 5.92 Å². The molecule has 0 aliphatic carbocycles. The molecule has 0 spiro atoms. The summed E-state index contributed by atoms with van der Waals surface area (Å²) in [6.45, 7) is 4.70. The second-order valence-corrected chi connectivity index (χ2v) is 7.42. The van der Waals surface area contributed by atoms with Gasteiger partial charge in [-0.3, -0.25) is 9.69 Å². The van der Waals surface area contributed by atoms with Gasteiger partial charge in [-0.25, -0.2) is 4.39 Å². The molecular weight excluding hydrogens is 307 g/mol. The van der Waals surface area contributed by atoms with E-state index in [0.29, 0.717) is 18.8 Å². The summed E-state index contributed by atoms with van der Waals surface area (Å²) < 4.78 is 19.4. The number of piperidine rings is 4. The maximum absolute atomic E-state index is 13.3. The minimum atomic E-state index is -0.634. The molecule has 1 N–H and O–H groups in total. The molecule has 0 amide bonds. The predicted octanol–water partition coefficient (Wildman–Crippen LogP) is 2.08. The Balaban J connectivity index is 1.56. The highest BCUT2D eigenvalue weighted by molar-refractivity contribution is 5.83. The Kier molecular flexibility index (Phi) is 4.31. The van der Waals surface area contributed by atoms with Crippen LogP contribution in [0.25, 0.3) is 0 Å². The Bertz CT molecular complexity index is 590. The summed E-state index contributed by atoms with van der Waals surface area (Å²) in [5.41, 5.74) is 0.252. The first-order chi connectivity index (χ1) is 11.7. The quantitative estimate of drug-likeness (QED) is 0.861. The van der Waals surface area contributed by atoms with Crippen LogP contribution in [0.2, 0.25) is 0 Å². The van der Waals surface area contributed by atoms with Crippen LogP contribution in [0.1, 0.15) is 31.2 Å². The molecule has 4 aliphatic heterocycles. The zero-order valence-electron chi connectivity index (χ0n) is 14.0. The lowest BCUT2D eigenvalue weighted by atomic mass is 9.73. The van der Waals surface area contributed by atoms with Crippen molar-refractivity contribution in [2.75, 3.05) is 32.7 Å². The first-order valence-electron chi connectivity index (χ1n) is 9.08. The Morgan fingerprint density at radius 1 is 1.17 bits per heavy atom. The first kappa shape index (κ1) is 16.0. The largest absolute Gasteiger partial charge is 0.460 e. The molecule has 5 rings (SSSR count). The van der Waals surface area contributed by atoms with E-state index in [4.69, 9.17) is 4.74 Å². The molecule has 0 radical (unpaired) electrons. The van der Waals surface area contributed by atoms with Crippen LogP contribution in [-0.2, 0) is 14.9 Å². The van der Waals surface area contributed by atoms with Crippen LogP contribution in [0.5, 0.6) is 0 Å². The summed E-state index contributed by atoms with van der Waals surface area (Å²) in [5.74, 6) is 0.119. The van der Waals surface area contributed by atoms with E-state index >= 15 is 0 Å². The molecule has 4 aliphatic rings. The Morgan fingerprint density at radius 2 is 1.83 bits per heavy atom. The topological polar surface area (TPSA) is 41.6 Å². The smallest absolute Gasteiger partial charge is 0.316 e. The average molecular weight is 332 g/mol. The lowest BCUT2D eigenvalue weighted by Gasteiger charge is -2.45. The van der Waals surface area contributed by atoms with Crippen molar-refractivity contribution in [3.8, 4) is 0 Å². The molecule has 0 aromatic heterocycles. The van der Waals surface area contributed by atoms with E-state index in [2.05, 4.69) is 10.2 Å². The SMILES string of the molecule is O=C(O[C@H]1CN2CCC1CC2)C1(c2ccc(F)cc2)CCNCC1. The Morgan fingerprint density at radius 3 is 2.42 bits per heavy atom. The number of fused-ring (bicyclic) bond motifs is 3. The van der Waals surface area contributed by atoms with Gasteiger partial charge in [0, 0.05) is 6.54 Å². The number of rotatable bonds is 3. The van der Waals surface area contributed by atoms with Gasteiger partial charge in [-0.1, -0.05) is 12.1 Å². The van der Waals surface area contributed by atoms with Crippen LogP contribution >= 0.6 is 0 Å². The lowest BCUT2D eigenvalue weighted by molar-refractivity contribution is -0.167. The maximum atomic E-state index is 13.3. The first-order valence-corrected chi connectivity index (χ1v) is 9.08. The van der Waals surface area contributed by atoms with E-state index in [1.54, 1.807) is 12.1 Å². The third-order valence-electron chi connectivity index (χ3n) is 6.10. The molecule has 0 saturated carbocycles. The minimum absolute atomic E-state index is 0.0206. The standard InChI is InChI=1S/C19H25FN2O2/c20-16-3-1-15(2-4-16)19(7-9-21-10-8-19)18(23)24-17-13-22-11-5-14(17)6-12-22/h1-4,14,17,21H,5-13H2/t17-/m0/s1. The Labute approximate surface area is 142 Å². The molecule has 24 heavy (non-hydrogen) atoms. The summed E-state index contributed by atoms with van der Waals surface area (Å²) in [7, 11) is 0. The van der Waals surface area contributed by atoms with Crippen molar-refractivity contribution < 1.29 is 13.9 Å². The molecule has 1 atom stereocenters. The van der Waals surface area contributed by atoms with Crippen LogP contribution in [0.3, 0.4) is 0 Å². The highest BCUT2D eigenvalue weighted by Crippen LogP contribution is 2.37. The molecule has 4 saturated heterocycles. The van der Waals surface area contributed by atoms with E-state index in [-0.39, 0.29) is 17.9 Å². The van der Waals surface area contributed by atoms with E-state index in [0.717, 1.165) is 51.1 Å². The van der Waals surface area contributed by atoms with E-state index in [9.17, 15) is 9.18 Å². The number of benzene rings is 1. The predicted molar refractivity (Wildman–Crippen MR) is 89.2 cm³/mol. The maximum Gasteiger partial charge on any atom is 0.316 e. The number of hydrogen-bond donors (Lipinski definition) is 1. The summed E-state index contributed by atoms with van der Waals surface area (Å²) in [6.07, 6.45) is 3.69. The number of nitrogens with zero attached hydrogens (tertiary/aromatic N) is 1. The minimum Gasteiger partial charge on any atom is -0.460 e. The molecular formula is C19H25FN2O2. The second kappa shape index (κ2) is 6.45. The van der Waals surface area contributed by atoms with Crippen molar-refractivity contribution in [3.05, 3.63) is 35.6 Å². The van der Waals surface area contributed by atoms with Gasteiger partial charge in [0.25, 0.3) is 0 Å². The zero-order valence-corrected chi connectivity index (χ0v) is 14.0. The third kappa shape index (κ3) is 2.84. The number of carbonyl (C=O) groups excluding carboxylic acids is 1. The molecule has 1 aromatic rings. The molecule has 4 nitrogen and oxygen atoms in total. The molecule has 4 fully saturated rings. The van der Waals surface area contributed by atoms with Gasteiger partial charge in [0.1, 0.15) is 11.9 Å². The van der Waals surface area contributed by atoms with Gasteiger partial charge in [-0.15, -0.1) is 0 Å². The summed E-state index contributed by atoms with van der Waals surface area (Å²) in [4.78, 5) is 15.6. The fourth-order valence-electron chi connectivity index (χ4n) is 4.53. The van der Waals surface area contributed by atoms with Gasteiger partial charge < -0.3 is 10.1 Å². The number of ether oxygens (including phenoxy) is 1. The third-order valence-corrected chi connectivity index (χ3v) is 6.10. The number of hydrogen-bond acceptors (Lipinski definition) is 4. The number of nitrogens with one attached hydrogen (secondary N) is 1. The summed E-state index contributed by atoms with van der Waals surface area (Å²) in [5, 5.41) is 3.32. The zero-order chi connectivity index (χ0) is 16.6. The van der Waals surface area contributed by atoms with Gasteiger partial charge in [0.15, 0.2) is 0 Å². The average Bonchev–Trinajstić information content (AvgIpc) is 2.64. The number of halogens is 1. The van der Waals surface area contributed by atoms with Gasteiger partial charge in [0.2, 0.25) is 0 Å². The van der Waals surface area contributed by atoms with Gasteiger partial charge >= 0.3 is 5.97 Å². The summed E-state index contributed by atoms with van der Waals surface area (Å²) >= 11 is 0. The normalized spacial score (nSPS) is 31.6. The lowest BCUT2D eigenvalue weighted by Crippen LogP contribution is -2.54. The van der Waals surface area contributed by atoms with Crippen LogP contribution in [-0.4, -0.2) is 49.7 Å². The van der Waals surface area contributed by atoms with Crippen molar-refractivity contribution in [1.82, 2.24) is 10.2 Å². The second-order valence-electron chi connectivity index (χ2n) is 7.42.